The predicted molar refractivity (Wildman–Crippen MR) is 70.5 cm³/mol. The van der Waals surface area contributed by atoms with Crippen molar-refractivity contribution < 1.29 is 27.9 Å². The van der Waals surface area contributed by atoms with Gasteiger partial charge in [-0.25, -0.2) is 4.79 Å². The number of carbonyl (C=O) groups is 2. The number of hydrogen-bond donors (Lipinski definition) is 2. The standard InChI is InChI=1S/C14H22F3NO3/c1-13(2,3)10(12(20)21)18-11(19)8-6-4-5-7-9(8)14(15,16)17/h8-10H,4-7H2,1-3H3,(H,18,19)(H,20,21)/t8?,9?,10-/m0/s1. The summed E-state index contributed by atoms with van der Waals surface area (Å²) < 4.78 is 39.0. The summed E-state index contributed by atoms with van der Waals surface area (Å²) in [5, 5.41) is 11.4. The molecule has 0 radical (unpaired) electrons. The van der Waals surface area contributed by atoms with Gasteiger partial charge in [-0.15, -0.1) is 0 Å². The van der Waals surface area contributed by atoms with E-state index in [-0.39, 0.29) is 12.8 Å². The minimum atomic E-state index is -4.43. The molecule has 21 heavy (non-hydrogen) atoms. The lowest BCUT2D eigenvalue weighted by Crippen LogP contribution is -2.53. The molecule has 0 aromatic carbocycles. The topological polar surface area (TPSA) is 66.4 Å². The van der Waals surface area contributed by atoms with Crippen LogP contribution >= 0.6 is 0 Å². The van der Waals surface area contributed by atoms with Gasteiger partial charge in [-0.05, 0) is 18.3 Å². The van der Waals surface area contributed by atoms with Crippen molar-refractivity contribution in [2.45, 2.75) is 58.7 Å². The van der Waals surface area contributed by atoms with Gasteiger partial charge in [-0.2, -0.15) is 13.2 Å². The summed E-state index contributed by atoms with van der Waals surface area (Å²) in [4.78, 5) is 23.3. The fraction of sp³-hybridized carbons (Fsp3) is 0.857. The Morgan fingerprint density at radius 1 is 1.14 bits per heavy atom. The Balaban J connectivity index is 2.87. The van der Waals surface area contributed by atoms with Gasteiger partial charge in [-0.3, -0.25) is 4.79 Å². The Morgan fingerprint density at radius 2 is 1.67 bits per heavy atom. The summed E-state index contributed by atoms with van der Waals surface area (Å²) in [6.45, 7) is 4.86. The van der Waals surface area contributed by atoms with Crippen LogP contribution < -0.4 is 5.32 Å². The third-order valence-corrected chi connectivity index (χ3v) is 3.92. The molecule has 1 aliphatic carbocycles. The van der Waals surface area contributed by atoms with Crippen molar-refractivity contribution in [3.05, 3.63) is 0 Å². The maximum Gasteiger partial charge on any atom is 0.392 e. The van der Waals surface area contributed by atoms with Gasteiger partial charge in [0.2, 0.25) is 5.91 Å². The van der Waals surface area contributed by atoms with E-state index in [1.807, 2.05) is 0 Å². The number of hydrogen-bond acceptors (Lipinski definition) is 2. The van der Waals surface area contributed by atoms with Crippen LogP contribution in [0.5, 0.6) is 0 Å². The molecule has 0 saturated heterocycles. The van der Waals surface area contributed by atoms with Gasteiger partial charge in [0, 0.05) is 5.92 Å². The molecule has 4 nitrogen and oxygen atoms in total. The van der Waals surface area contributed by atoms with E-state index in [0.29, 0.717) is 12.8 Å². The minimum absolute atomic E-state index is 0.0746. The third-order valence-electron chi connectivity index (χ3n) is 3.92. The van der Waals surface area contributed by atoms with Crippen molar-refractivity contribution in [2.24, 2.45) is 17.3 Å². The molecule has 2 unspecified atom stereocenters. The molecule has 7 heteroatoms. The fourth-order valence-electron chi connectivity index (χ4n) is 2.73. The molecule has 0 aliphatic heterocycles. The summed E-state index contributed by atoms with van der Waals surface area (Å²) in [7, 11) is 0. The highest BCUT2D eigenvalue weighted by Gasteiger charge is 2.48. The van der Waals surface area contributed by atoms with Crippen LogP contribution in [0.25, 0.3) is 0 Å². The summed E-state index contributed by atoms with van der Waals surface area (Å²) >= 11 is 0. The van der Waals surface area contributed by atoms with E-state index in [0.717, 1.165) is 0 Å². The van der Waals surface area contributed by atoms with E-state index >= 15 is 0 Å². The van der Waals surface area contributed by atoms with Gasteiger partial charge in [0.25, 0.3) is 0 Å². The summed E-state index contributed by atoms with van der Waals surface area (Å²) in [6.07, 6.45) is -3.36. The van der Waals surface area contributed by atoms with Gasteiger partial charge in [0.05, 0.1) is 5.92 Å². The number of carboxylic acid groups (broad SMARTS) is 1. The van der Waals surface area contributed by atoms with Crippen LogP contribution in [0.2, 0.25) is 0 Å². The normalized spacial score (nSPS) is 25.2. The molecule has 1 saturated carbocycles. The SMILES string of the molecule is CC(C)(C)[C@@H](NC(=O)C1CCCCC1C(F)(F)F)C(=O)O. The van der Waals surface area contributed by atoms with Crippen molar-refractivity contribution in [1.29, 1.82) is 0 Å². The van der Waals surface area contributed by atoms with Gasteiger partial charge in [-0.1, -0.05) is 33.6 Å². The van der Waals surface area contributed by atoms with Crippen LogP contribution in [-0.4, -0.2) is 29.2 Å². The van der Waals surface area contributed by atoms with Gasteiger partial charge < -0.3 is 10.4 Å². The summed E-state index contributed by atoms with van der Waals surface area (Å²) in [6, 6.07) is -1.21. The van der Waals surface area contributed by atoms with Crippen molar-refractivity contribution in [2.75, 3.05) is 0 Å². The van der Waals surface area contributed by atoms with Gasteiger partial charge in [0.15, 0.2) is 0 Å². The second kappa shape index (κ2) is 6.23. The molecule has 1 rings (SSSR count). The molecule has 3 atom stereocenters. The third kappa shape index (κ3) is 4.61. The van der Waals surface area contributed by atoms with E-state index < -0.39 is 41.3 Å². The zero-order chi connectivity index (χ0) is 16.4. The van der Waals surface area contributed by atoms with Gasteiger partial charge >= 0.3 is 12.1 Å². The molecule has 2 N–H and O–H groups in total. The van der Waals surface area contributed by atoms with Crippen LogP contribution in [0.4, 0.5) is 13.2 Å². The molecule has 122 valence electrons. The second-order valence-corrected chi connectivity index (χ2v) is 6.68. The van der Waals surface area contributed by atoms with E-state index in [2.05, 4.69) is 5.32 Å². The number of carbonyl (C=O) groups excluding carboxylic acids is 1. The Hall–Kier alpha value is -1.27. The summed E-state index contributed by atoms with van der Waals surface area (Å²) in [5.41, 5.74) is -0.774. The second-order valence-electron chi connectivity index (χ2n) is 6.68. The average molecular weight is 309 g/mol. The Labute approximate surface area is 122 Å². The minimum Gasteiger partial charge on any atom is -0.480 e. The van der Waals surface area contributed by atoms with Crippen LogP contribution in [0.15, 0.2) is 0 Å². The molecular formula is C14H22F3NO3. The predicted octanol–water partition coefficient (Wildman–Crippen LogP) is 2.97. The largest absolute Gasteiger partial charge is 0.480 e. The average Bonchev–Trinajstić information content (AvgIpc) is 2.32. The van der Waals surface area contributed by atoms with Crippen LogP contribution in [0.1, 0.15) is 46.5 Å². The highest BCUT2D eigenvalue weighted by molar-refractivity contribution is 5.85. The number of aliphatic carboxylic acids is 1. The lowest BCUT2D eigenvalue weighted by atomic mass is 9.77. The monoisotopic (exact) mass is 309 g/mol. The van der Waals surface area contributed by atoms with Crippen LogP contribution in [-0.2, 0) is 9.59 Å². The van der Waals surface area contributed by atoms with Crippen molar-refractivity contribution in [1.82, 2.24) is 5.32 Å². The van der Waals surface area contributed by atoms with Crippen LogP contribution in [0.3, 0.4) is 0 Å². The molecule has 0 bridgehead atoms. The van der Waals surface area contributed by atoms with E-state index in [4.69, 9.17) is 5.11 Å². The van der Waals surface area contributed by atoms with E-state index in [9.17, 15) is 22.8 Å². The highest BCUT2D eigenvalue weighted by atomic mass is 19.4. The van der Waals surface area contributed by atoms with Crippen molar-refractivity contribution in [3.8, 4) is 0 Å². The van der Waals surface area contributed by atoms with Crippen molar-refractivity contribution in [3.63, 3.8) is 0 Å². The molecule has 1 fully saturated rings. The molecule has 0 aromatic rings. The molecule has 1 amide bonds. The number of nitrogens with one attached hydrogen (secondary N) is 1. The fourth-order valence-corrected chi connectivity index (χ4v) is 2.73. The molecule has 0 spiro atoms. The van der Waals surface area contributed by atoms with Crippen LogP contribution in [0, 0.1) is 17.3 Å². The number of carboxylic acids is 1. The quantitative estimate of drug-likeness (QED) is 0.842. The lowest BCUT2D eigenvalue weighted by Gasteiger charge is -2.34. The zero-order valence-electron chi connectivity index (χ0n) is 12.5. The maximum atomic E-state index is 13.0. The number of alkyl halides is 3. The number of amides is 1. The maximum absolute atomic E-state index is 13.0. The Morgan fingerprint density at radius 3 is 2.10 bits per heavy atom. The first-order chi connectivity index (χ1) is 9.44. The highest BCUT2D eigenvalue weighted by Crippen LogP contribution is 2.41. The molecule has 0 heterocycles. The summed E-state index contributed by atoms with van der Waals surface area (Å²) in [5.74, 6) is -4.92. The first-order valence-electron chi connectivity index (χ1n) is 7.04. The Kier molecular flexibility index (Phi) is 5.28. The molecule has 1 aliphatic rings. The number of rotatable bonds is 3. The van der Waals surface area contributed by atoms with E-state index in [1.54, 1.807) is 20.8 Å². The first-order valence-corrected chi connectivity index (χ1v) is 7.04. The van der Waals surface area contributed by atoms with Crippen molar-refractivity contribution >= 4 is 11.9 Å². The first kappa shape index (κ1) is 17.8. The van der Waals surface area contributed by atoms with Gasteiger partial charge in [0.1, 0.15) is 6.04 Å². The lowest BCUT2D eigenvalue weighted by molar-refractivity contribution is -0.198. The molecule has 0 aromatic heterocycles. The van der Waals surface area contributed by atoms with E-state index in [1.165, 1.54) is 0 Å². The molecular weight excluding hydrogens is 287 g/mol. The number of halogens is 3. The zero-order valence-corrected chi connectivity index (χ0v) is 12.5. The Bertz CT molecular complexity index is 401. The smallest absolute Gasteiger partial charge is 0.392 e.